The van der Waals surface area contributed by atoms with Crippen molar-refractivity contribution in [1.82, 2.24) is 0 Å². The lowest BCUT2D eigenvalue weighted by atomic mass is 10.2. The summed E-state index contributed by atoms with van der Waals surface area (Å²) < 4.78 is 27.0. The first kappa shape index (κ1) is 12.7. The maximum Gasteiger partial charge on any atom is 0.236 e. The summed E-state index contributed by atoms with van der Waals surface area (Å²) in [6.07, 6.45) is 1.94. The number of rotatable bonds is 4. The Kier molecular flexibility index (Phi) is 4.31. The SMILES string of the molecule is COc1cc(SC)ccc1CS(=O)(=O)Cl. The van der Waals surface area contributed by atoms with Gasteiger partial charge in [-0.15, -0.1) is 11.8 Å². The van der Waals surface area contributed by atoms with Crippen LogP contribution in [0.4, 0.5) is 0 Å². The number of thioether (sulfide) groups is 1. The number of halogens is 1. The van der Waals surface area contributed by atoms with Gasteiger partial charge in [0.1, 0.15) is 5.75 Å². The van der Waals surface area contributed by atoms with Gasteiger partial charge in [-0.3, -0.25) is 0 Å². The number of hydrogen-bond donors (Lipinski definition) is 0. The number of methoxy groups -OCH3 is 1. The molecule has 0 aliphatic rings. The second-order valence-corrected chi connectivity index (χ2v) is 6.52. The van der Waals surface area contributed by atoms with Crippen LogP contribution in [0.25, 0.3) is 0 Å². The van der Waals surface area contributed by atoms with E-state index in [1.165, 1.54) is 7.11 Å². The summed E-state index contributed by atoms with van der Waals surface area (Å²) in [5, 5.41) is 0. The molecule has 0 aliphatic carbocycles. The first-order chi connectivity index (χ1) is 6.96. The van der Waals surface area contributed by atoms with Gasteiger partial charge in [0.25, 0.3) is 0 Å². The molecule has 1 aromatic carbocycles. The van der Waals surface area contributed by atoms with Crippen LogP contribution in [0, 0.1) is 0 Å². The Morgan fingerprint density at radius 1 is 1.47 bits per heavy atom. The Balaban J connectivity index is 3.08. The van der Waals surface area contributed by atoms with Gasteiger partial charge in [0.2, 0.25) is 9.05 Å². The third-order valence-electron chi connectivity index (χ3n) is 1.82. The minimum Gasteiger partial charge on any atom is -0.496 e. The van der Waals surface area contributed by atoms with Crippen LogP contribution in [0.1, 0.15) is 5.56 Å². The van der Waals surface area contributed by atoms with Gasteiger partial charge in [0.15, 0.2) is 0 Å². The normalized spacial score (nSPS) is 11.4. The molecule has 15 heavy (non-hydrogen) atoms. The second kappa shape index (κ2) is 5.09. The van der Waals surface area contributed by atoms with Gasteiger partial charge >= 0.3 is 0 Å². The zero-order valence-electron chi connectivity index (χ0n) is 8.36. The standard InChI is InChI=1S/C9H11ClO3S2/c1-13-9-5-8(14-2)4-3-7(9)6-15(10,11)12/h3-5H,6H2,1-2H3. The quantitative estimate of drug-likeness (QED) is 0.620. The monoisotopic (exact) mass is 266 g/mol. The molecular formula is C9H11ClO3S2. The Morgan fingerprint density at radius 3 is 2.60 bits per heavy atom. The molecule has 0 bridgehead atoms. The van der Waals surface area contributed by atoms with E-state index in [1.807, 2.05) is 12.3 Å². The van der Waals surface area contributed by atoms with E-state index in [0.717, 1.165) is 4.90 Å². The molecule has 1 aromatic rings. The fourth-order valence-corrected chi connectivity index (χ4v) is 2.55. The van der Waals surface area contributed by atoms with Crippen molar-refractivity contribution in [3.8, 4) is 5.75 Å². The molecule has 0 N–H and O–H groups in total. The average Bonchev–Trinajstić information content (AvgIpc) is 2.16. The topological polar surface area (TPSA) is 43.4 Å². The highest BCUT2D eigenvalue weighted by Crippen LogP contribution is 2.27. The number of benzene rings is 1. The van der Waals surface area contributed by atoms with E-state index in [4.69, 9.17) is 15.4 Å². The van der Waals surface area contributed by atoms with E-state index in [-0.39, 0.29) is 5.75 Å². The van der Waals surface area contributed by atoms with Crippen LogP contribution in [0.2, 0.25) is 0 Å². The molecule has 0 amide bonds. The van der Waals surface area contributed by atoms with Crippen molar-refractivity contribution in [1.29, 1.82) is 0 Å². The zero-order valence-corrected chi connectivity index (χ0v) is 10.7. The van der Waals surface area contributed by atoms with Crippen LogP contribution in [0.5, 0.6) is 5.75 Å². The summed E-state index contributed by atoms with van der Waals surface area (Å²) in [5.74, 6) is 0.331. The largest absolute Gasteiger partial charge is 0.496 e. The smallest absolute Gasteiger partial charge is 0.236 e. The van der Waals surface area contributed by atoms with Crippen molar-refractivity contribution < 1.29 is 13.2 Å². The minimum absolute atomic E-state index is 0.216. The van der Waals surface area contributed by atoms with E-state index in [1.54, 1.807) is 23.9 Å². The summed E-state index contributed by atoms with van der Waals surface area (Å²) in [7, 11) is 3.14. The molecule has 0 unspecified atom stereocenters. The van der Waals surface area contributed by atoms with E-state index in [9.17, 15) is 8.42 Å². The molecule has 0 saturated heterocycles. The molecule has 3 nitrogen and oxygen atoms in total. The highest BCUT2D eigenvalue weighted by atomic mass is 35.7. The molecule has 0 atom stereocenters. The Labute approximate surface area is 98.2 Å². The molecule has 84 valence electrons. The van der Waals surface area contributed by atoms with Gasteiger partial charge in [-0.25, -0.2) is 8.42 Å². The molecule has 0 spiro atoms. The lowest BCUT2D eigenvalue weighted by molar-refractivity contribution is 0.410. The van der Waals surface area contributed by atoms with Gasteiger partial charge in [-0.05, 0) is 18.4 Å². The number of ether oxygens (including phenoxy) is 1. The molecular weight excluding hydrogens is 256 g/mol. The highest BCUT2D eigenvalue weighted by molar-refractivity contribution is 8.13. The van der Waals surface area contributed by atoms with Crippen LogP contribution >= 0.6 is 22.4 Å². The van der Waals surface area contributed by atoms with Crippen LogP contribution in [-0.4, -0.2) is 21.8 Å². The first-order valence-electron chi connectivity index (χ1n) is 4.09. The van der Waals surface area contributed by atoms with Gasteiger partial charge < -0.3 is 4.74 Å². The molecule has 0 heterocycles. The maximum absolute atomic E-state index is 10.9. The van der Waals surface area contributed by atoms with E-state index in [2.05, 4.69) is 0 Å². The van der Waals surface area contributed by atoms with Crippen molar-refractivity contribution in [3.63, 3.8) is 0 Å². The summed E-state index contributed by atoms with van der Waals surface area (Å²) >= 11 is 1.56. The van der Waals surface area contributed by atoms with Gasteiger partial charge in [0.05, 0.1) is 12.9 Å². The van der Waals surface area contributed by atoms with E-state index >= 15 is 0 Å². The molecule has 0 fully saturated rings. The highest BCUT2D eigenvalue weighted by Gasteiger charge is 2.12. The molecule has 0 saturated carbocycles. The molecule has 0 aliphatic heterocycles. The summed E-state index contributed by atoms with van der Waals surface area (Å²) in [5.41, 5.74) is 0.574. The lowest BCUT2D eigenvalue weighted by Crippen LogP contribution is -1.98. The summed E-state index contributed by atoms with van der Waals surface area (Å²) in [6.45, 7) is 0. The van der Waals surface area contributed by atoms with E-state index < -0.39 is 9.05 Å². The van der Waals surface area contributed by atoms with Crippen LogP contribution in [0.3, 0.4) is 0 Å². The molecule has 0 aromatic heterocycles. The van der Waals surface area contributed by atoms with Gasteiger partial charge in [-0.1, -0.05) is 6.07 Å². The first-order valence-corrected chi connectivity index (χ1v) is 7.80. The van der Waals surface area contributed by atoms with Crippen molar-refractivity contribution in [2.75, 3.05) is 13.4 Å². The summed E-state index contributed by atoms with van der Waals surface area (Å²) in [4.78, 5) is 1.02. The molecule has 0 radical (unpaired) electrons. The van der Waals surface area contributed by atoms with Crippen LogP contribution in [0.15, 0.2) is 23.1 Å². The fourth-order valence-electron chi connectivity index (χ4n) is 1.16. The number of hydrogen-bond acceptors (Lipinski definition) is 4. The fraction of sp³-hybridized carbons (Fsp3) is 0.333. The Morgan fingerprint density at radius 2 is 2.13 bits per heavy atom. The lowest BCUT2D eigenvalue weighted by Gasteiger charge is -2.08. The third-order valence-corrected chi connectivity index (χ3v) is 3.53. The predicted molar refractivity (Wildman–Crippen MR) is 63.3 cm³/mol. The minimum atomic E-state index is -3.54. The van der Waals surface area contributed by atoms with Gasteiger partial charge in [0, 0.05) is 21.1 Å². The van der Waals surface area contributed by atoms with Crippen molar-refractivity contribution in [3.05, 3.63) is 23.8 Å². The molecule has 6 heteroatoms. The maximum atomic E-state index is 10.9. The molecule has 1 rings (SSSR count). The Hall–Kier alpha value is -0.390. The van der Waals surface area contributed by atoms with Crippen molar-refractivity contribution in [2.45, 2.75) is 10.6 Å². The van der Waals surface area contributed by atoms with Gasteiger partial charge in [-0.2, -0.15) is 0 Å². The second-order valence-electron chi connectivity index (χ2n) is 2.86. The average molecular weight is 267 g/mol. The Bertz CT molecular complexity index is 443. The third kappa shape index (κ3) is 3.93. The summed E-state index contributed by atoms with van der Waals surface area (Å²) in [6, 6.07) is 5.34. The van der Waals surface area contributed by atoms with Crippen molar-refractivity contribution in [2.24, 2.45) is 0 Å². The van der Waals surface area contributed by atoms with Crippen molar-refractivity contribution >= 4 is 31.5 Å². The predicted octanol–water partition coefficient (Wildman–Crippen LogP) is 2.49. The zero-order chi connectivity index (χ0) is 11.5. The van der Waals surface area contributed by atoms with Crippen LogP contribution in [-0.2, 0) is 14.8 Å². The van der Waals surface area contributed by atoms with Crippen LogP contribution < -0.4 is 4.74 Å². The van der Waals surface area contributed by atoms with E-state index in [0.29, 0.717) is 11.3 Å².